The maximum Gasteiger partial charge on any atom is 0.336 e. The van der Waals surface area contributed by atoms with Crippen molar-refractivity contribution in [3.05, 3.63) is 47.8 Å². The smallest absolute Gasteiger partial charge is 0.336 e. The van der Waals surface area contributed by atoms with Crippen LogP contribution in [0.2, 0.25) is 0 Å². The molecule has 5 heteroatoms. The maximum absolute atomic E-state index is 11.5. The number of carboxylic acid groups (broad SMARTS) is 1. The second kappa shape index (κ2) is 5.36. The van der Waals surface area contributed by atoms with Crippen LogP contribution in [-0.4, -0.2) is 26.3 Å². The summed E-state index contributed by atoms with van der Waals surface area (Å²) >= 11 is 0. The topological polar surface area (TPSA) is 78.9 Å². The molecular formula is C16H15N3O2. The highest BCUT2D eigenvalue weighted by Crippen LogP contribution is 2.29. The van der Waals surface area contributed by atoms with E-state index in [0.29, 0.717) is 11.2 Å². The fourth-order valence-electron chi connectivity index (χ4n) is 2.47. The van der Waals surface area contributed by atoms with Gasteiger partial charge in [-0.15, -0.1) is 0 Å². The third-order valence-corrected chi connectivity index (χ3v) is 3.39. The molecule has 0 saturated heterocycles. The summed E-state index contributed by atoms with van der Waals surface area (Å²) in [6.07, 6.45) is 1.80. The van der Waals surface area contributed by atoms with E-state index in [4.69, 9.17) is 0 Å². The van der Waals surface area contributed by atoms with Crippen molar-refractivity contribution < 1.29 is 9.90 Å². The van der Waals surface area contributed by atoms with Gasteiger partial charge in [-0.3, -0.25) is 5.10 Å². The van der Waals surface area contributed by atoms with Crippen molar-refractivity contribution in [1.82, 2.24) is 15.2 Å². The molecule has 0 aliphatic carbocycles. The lowest BCUT2D eigenvalue weighted by Gasteiger charge is -2.06. The van der Waals surface area contributed by atoms with E-state index in [-0.39, 0.29) is 5.56 Å². The van der Waals surface area contributed by atoms with Gasteiger partial charge in [0.2, 0.25) is 0 Å². The van der Waals surface area contributed by atoms with Gasteiger partial charge in [0.1, 0.15) is 5.82 Å². The average molecular weight is 281 g/mol. The van der Waals surface area contributed by atoms with Crippen LogP contribution in [0.5, 0.6) is 0 Å². The van der Waals surface area contributed by atoms with E-state index in [1.807, 2.05) is 24.3 Å². The highest BCUT2D eigenvalue weighted by Gasteiger charge is 2.15. The van der Waals surface area contributed by atoms with Gasteiger partial charge in [0.15, 0.2) is 5.82 Å². The lowest BCUT2D eigenvalue weighted by molar-refractivity contribution is 0.0699. The van der Waals surface area contributed by atoms with Gasteiger partial charge >= 0.3 is 5.97 Å². The number of H-pyrrole nitrogens is 1. The Balaban J connectivity index is 2.23. The molecule has 0 aliphatic rings. The lowest BCUT2D eigenvalue weighted by Crippen LogP contribution is -1.99. The largest absolute Gasteiger partial charge is 0.478 e. The molecule has 5 nitrogen and oxygen atoms in total. The number of hydrogen-bond acceptors (Lipinski definition) is 3. The first-order chi connectivity index (χ1) is 10.2. The fourth-order valence-corrected chi connectivity index (χ4v) is 2.47. The number of aromatic nitrogens is 3. The first-order valence-electron chi connectivity index (χ1n) is 6.87. The summed E-state index contributed by atoms with van der Waals surface area (Å²) in [5, 5.41) is 18.1. The molecule has 0 atom stereocenters. The quantitative estimate of drug-likeness (QED) is 0.769. The minimum absolute atomic E-state index is 0.268. The van der Waals surface area contributed by atoms with Crippen molar-refractivity contribution in [1.29, 1.82) is 0 Å². The molecule has 1 aromatic heterocycles. The molecule has 0 aliphatic heterocycles. The van der Waals surface area contributed by atoms with Gasteiger partial charge in [-0.05, 0) is 17.9 Å². The number of fused-ring (bicyclic) bond motifs is 1. The Bertz CT molecular complexity index is 803. The van der Waals surface area contributed by atoms with E-state index < -0.39 is 5.97 Å². The van der Waals surface area contributed by atoms with E-state index >= 15 is 0 Å². The molecule has 0 amide bonds. The number of hydrogen-bond donors (Lipinski definition) is 2. The summed E-state index contributed by atoms with van der Waals surface area (Å²) in [7, 11) is 0. The van der Waals surface area contributed by atoms with Gasteiger partial charge in [0.05, 0.1) is 5.56 Å². The lowest BCUT2D eigenvalue weighted by atomic mass is 9.99. The predicted octanol–water partition coefficient (Wildman–Crippen LogP) is 3.28. The third-order valence-electron chi connectivity index (χ3n) is 3.39. The summed E-state index contributed by atoms with van der Waals surface area (Å²) < 4.78 is 0. The van der Waals surface area contributed by atoms with Crippen molar-refractivity contribution in [2.75, 3.05) is 0 Å². The molecule has 21 heavy (non-hydrogen) atoms. The summed E-state index contributed by atoms with van der Waals surface area (Å²) in [5.41, 5.74) is 1.01. The molecular weight excluding hydrogens is 266 g/mol. The van der Waals surface area contributed by atoms with Crippen LogP contribution >= 0.6 is 0 Å². The molecule has 0 saturated carbocycles. The first kappa shape index (κ1) is 13.3. The van der Waals surface area contributed by atoms with Gasteiger partial charge in [0, 0.05) is 17.4 Å². The number of carboxylic acids is 1. The third kappa shape index (κ3) is 2.38. The molecule has 0 unspecified atom stereocenters. The molecule has 2 aromatic carbocycles. The van der Waals surface area contributed by atoms with Crippen LogP contribution in [0, 0.1) is 0 Å². The van der Waals surface area contributed by atoms with Crippen LogP contribution in [-0.2, 0) is 6.42 Å². The van der Waals surface area contributed by atoms with Crippen LogP contribution in [0.4, 0.5) is 0 Å². The van der Waals surface area contributed by atoms with Gasteiger partial charge in [-0.1, -0.05) is 37.3 Å². The number of benzene rings is 2. The Morgan fingerprint density at radius 1 is 1.24 bits per heavy atom. The number of aromatic amines is 1. The van der Waals surface area contributed by atoms with Crippen LogP contribution in [0.15, 0.2) is 36.4 Å². The molecule has 3 aromatic rings. The van der Waals surface area contributed by atoms with Gasteiger partial charge in [-0.25, -0.2) is 9.78 Å². The van der Waals surface area contributed by atoms with Crippen molar-refractivity contribution in [2.24, 2.45) is 0 Å². The normalized spacial score (nSPS) is 10.9. The van der Waals surface area contributed by atoms with Crippen molar-refractivity contribution >= 4 is 16.7 Å². The molecule has 0 spiro atoms. The molecule has 0 radical (unpaired) electrons. The van der Waals surface area contributed by atoms with Gasteiger partial charge in [0.25, 0.3) is 0 Å². The number of carbonyl (C=O) groups is 1. The van der Waals surface area contributed by atoms with E-state index in [1.54, 1.807) is 12.1 Å². The Morgan fingerprint density at radius 3 is 2.71 bits per heavy atom. The highest BCUT2D eigenvalue weighted by molar-refractivity contribution is 6.09. The maximum atomic E-state index is 11.5. The predicted molar refractivity (Wildman–Crippen MR) is 80.3 cm³/mol. The molecule has 2 N–H and O–H groups in total. The highest BCUT2D eigenvalue weighted by atomic mass is 16.4. The summed E-state index contributed by atoms with van der Waals surface area (Å²) in [6.45, 7) is 2.07. The van der Waals surface area contributed by atoms with Gasteiger partial charge < -0.3 is 5.11 Å². The standard InChI is InChI=1S/C16H15N3O2/c1-2-5-13-17-15(19-18-13)11-8-3-6-10-7-4-9-12(14(10)11)16(20)21/h3-4,6-9H,2,5H2,1H3,(H,20,21)(H,17,18,19). The summed E-state index contributed by atoms with van der Waals surface area (Å²) in [4.78, 5) is 15.9. The zero-order valence-electron chi connectivity index (χ0n) is 11.6. The average Bonchev–Trinajstić information content (AvgIpc) is 2.94. The zero-order valence-corrected chi connectivity index (χ0v) is 11.6. The Kier molecular flexibility index (Phi) is 3.39. The van der Waals surface area contributed by atoms with Crippen molar-refractivity contribution in [2.45, 2.75) is 19.8 Å². The minimum Gasteiger partial charge on any atom is -0.478 e. The SMILES string of the molecule is CCCc1nc(-c2cccc3cccc(C(=O)O)c23)n[nH]1. The fraction of sp³-hybridized carbons (Fsp3) is 0.188. The number of rotatable bonds is 4. The van der Waals surface area contributed by atoms with E-state index in [1.165, 1.54) is 0 Å². The molecule has 106 valence electrons. The number of nitrogens with one attached hydrogen (secondary N) is 1. The van der Waals surface area contributed by atoms with E-state index in [0.717, 1.165) is 29.6 Å². The van der Waals surface area contributed by atoms with E-state index in [9.17, 15) is 9.90 Å². The van der Waals surface area contributed by atoms with Gasteiger partial charge in [-0.2, -0.15) is 5.10 Å². The Hall–Kier alpha value is -2.69. The summed E-state index contributed by atoms with van der Waals surface area (Å²) in [6, 6.07) is 10.9. The molecule has 3 rings (SSSR count). The van der Waals surface area contributed by atoms with E-state index in [2.05, 4.69) is 22.1 Å². The van der Waals surface area contributed by atoms with Crippen LogP contribution in [0.3, 0.4) is 0 Å². The zero-order chi connectivity index (χ0) is 14.8. The minimum atomic E-state index is -0.947. The van der Waals surface area contributed by atoms with Crippen LogP contribution < -0.4 is 0 Å². The molecule has 0 bridgehead atoms. The Labute approximate surface area is 121 Å². The number of aromatic carboxylic acids is 1. The first-order valence-corrected chi connectivity index (χ1v) is 6.87. The van der Waals surface area contributed by atoms with Crippen molar-refractivity contribution in [3.63, 3.8) is 0 Å². The Morgan fingerprint density at radius 2 is 2.00 bits per heavy atom. The second-order valence-electron chi connectivity index (χ2n) is 4.87. The van der Waals surface area contributed by atoms with Crippen LogP contribution in [0.25, 0.3) is 22.2 Å². The number of aryl methyl sites for hydroxylation is 1. The number of nitrogens with zero attached hydrogens (tertiary/aromatic N) is 2. The molecule has 0 fully saturated rings. The van der Waals surface area contributed by atoms with Crippen molar-refractivity contribution in [3.8, 4) is 11.4 Å². The molecule has 1 heterocycles. The monoisotopic (exact) mass is 281 g/mol. The second-order valence-corrected chi connectivity index (χ2v) is 4.87. The van der Waals surface area contributed by atoms with Crippen LogP contribution in [0.1, 0.15) is 29.5 Å². The summed E-state index contributed by atoms with van der Waals surface area (Å²) in [5.74, 6) is 0.410.